The molecule has 2 aliphatic heterocycles. The van der Waals surface area contributed by atoms with E-state index in [1.807, 2.05) is 48.5 Å². The maximum absolute atomic E-state index is 14.9. The number of carbonyl (C=O) groups is 7. The number of hydrogen-bond acceptors (Lipinski definition) is 7. The molecular weight excluding hydrogens is 676 g/mol. The summed E-state index contributed by atoms with van der Waals surface area (Å²) in [5.74, 6) is -2.92. The van der Waals surface area contributed by atoms with Crippen molar-refractivity contribution in [2.45, 2.75) is 151 Å². The molecule has 0 aromatic carbocycles. The van der Waals surface area contributed by atoms with E-state index in [0.717, 1.165) is 19.3 Å². The van der Waals surface area contributed by atoms with Crippen molar-refractivity contribution < 1.29 is 33.6 Å². The molecule has 0 unspecified atom stereocenters. The minimum absolute atomic E-state index is 0.0167. The average molecular weight is 741 g/mol. The SMILES string of the molecule is CCNC(=O)C(=O)[C@]1(NC(=O)[C@@H]2[C@@H]3[C@H](CN2C(=O)[C@@H](NC(=O)N[C@H](CN2C(=O)CC(C)(C)CC2=O)C(C)(C)C)C2(C)CCCCC2)C3(C)C)C[C@H]1CC. The number of ketones is 1. The van der Waals surface area contributed by atoms with Crippen molar-refractivity contribution >= 4 is 41.4 Å². The van der Waals surface area contributed by atoms with Crippen LogP contribution in [0.4, 0.5) is 4.79 Å². The molecule has 296 valence electrons. The number of fused-ring (bicyclic) bond motifs is 1. The van der Waals surface area contributed by atoms with Crippen LogP contribution in [0.5, 0.6) is 0 Å². The van der Waals surface area contributed by atoms with Crippen LogP contribution >= 0.6 is 0 Å². The molecule has 3 aliphatic carbocycles. The zero-order chi connectivity index (χ0) is 39.5. The summed E-state index contributed by atoms with van der Waals surface area (Å²) in [6, 6.07) is -2.99. The van der Waals surface area contributed by atoms with Gasteiger partial charge in [-0.3, -0.25) is 33.7 Å². The number of nitrogens with one attached hydrogen (secondary N) is 4. The van der Waals surface area contributed by atoms with E-state index in [1.165, 1.54) is 4.90 Å². The molecule has 0 aromatic rings. The maximum atomic E-state index is 14.9. The quantitative estimate of drug-likeness (QED) is 0.175. The van der Waals surface area contributed by atoms with Crippen LogP contribution in [0.3, 0.4) is 0 Å². The van der Waals surface area contributed by atoms with E-state index in [1.54, 1.807) is 11.8 Å². The number of likely N-dealkylation sites (N-methyl/N-ethyl adjacent to an activating group) is 1. The molecule has 5 aliphatic rings. The molecule has 2 saturated heterocycles. The number of rotatable bonds is 12. The Kier molecular flexibility index (Phi) is 11.0. The summed E-state index contributed by atoms with van der Waals surface area (Å²) < 4.78 is 0. The first kappa shape index (κ1) is 40.7. The average Bonchev–Trinajstić information content (AvgIpc) is 3.81. The van der Waals surface area contributed by atoms with Crippen LogP contribution in [-0.2, 0) is 28.8 Å². The molecular formula is C40H64N6O7. The van der Waals surface area contributed by atoms with Gasteiger partial charge in [0.25, 0.3) is 5.91 Å². The number of imide groups is 1. The minimum Gasteiger partial charge on any atom is -0.350 e. The highest BCUT2D eigenvalue weighted by Gasteiger charge is 2.71. The third kappa shape index (κ3) is 7.86. The zero-order valence-corrected chi connectivity index (χ0v) is 33.7. The first-order valence-corrected chi connectivity index (χ1v) is 19.9. The normalized spacial score (nSPS) is 30.8. The van der Waals surface area contributed by atoms with Crippen molar-refractivity contribution in [2.24, 2.45) is 39.4 Å². The Hall–Kier alpha value is -3.51. The Morgan fingerprint density at radius 2 is 1.49 bits per heavy atom. The lowest BCUT2D eigenvalue weighted by Crippen LogP contribution is -2.64. The fraction of sp³-hybridized carbons (Fsp3) is 0.825. The summed E-state index contributed by atoms with van der Waals surface area (Å²) in [7, 11) is 0. The van der Waals surface area contributed by atoms with Crippen LogP contribution in [0.25, 0.3) is 0 Å². The van der Waals surface area contributed by atoms with E-state index in [4.69, 9.17) is 0 Å². The number of likely N-dealkylation sites (tertiary alicyclic amines) is 2. The van der Waals surface area contributed by atoms with E-state index in [2.05, 4.69) is 35.1 Å². The predicted molar refractivity (Wildman–Crippen MR) is 199 cm³/mol. The molecule has 0 radical (unpaired) electrons. The largest absolute Gasteiger partial charge is 0.350 e. The Labute approximate surface area is 315 Å². The number of urea groups is 1. The number of Topliss-reactive ketones (excluding diaryl/α,β-unsaturated/α-hetero) is 1. The van der Waals surface area contributed by atoms with Crippen LogP contribution in [0.2, 0.25) is 0 Å². The van der Waals surface area contributed by atoms with Gasteiger partial charge in [-0.2, -0.15) is 0 Å². The van der Waals surface area contributed by atoms with Crippen molar-refractivity contribution in [3.63, 3.8) is 0 Å². The van der Waals surface area contributed by atoms with Gasteiger partial charge in [0.05, 0.1) is 6.04 Å². The molecule has 0 aromatic heterocycles. The lowest BCUT2D eigenvalue weighted by Gasteiger charge is -2.44. The van der Waals surface area contributed by atoms with Gasteiger partial charge in [0.15, 0.2) is 0 Å². The summed E-state index contributed by atoms with van der Waals surface area (Å²) in [6.45, 7) is 20.1. The molecule has 5 fully saturated rings. The molecule has 13 nitrogen and oxygen atoms in total. The predicted octanol–water partition coefficient (Wildman–Crippen LogP) is 3.69. The summed E-state index contributed by atoms with van der Waals surface area (Å²) >= 11 is 0. The van der Waals surface area contributed by atoms with Crippen molar-refractivity contribution in [1.82, 2.24) is 31.1 Å². The number of piperidine rings is 2. The fourth-order valence-electron chi connectivity index (χ4n) is 9.67. The molecule has 0 bridgehead atoms. The number of amides is 7. The second-order valence-corrected chi connectivity index (χ2v) is 19.4. The number of carbonyl (C=O) groups excluding carboxylic acids is 7. The molecule has 7 amide bonds. The zero-order valence-electron chi connectivity index (χ0n) is 33.7. The third-order valence-corrected chi connectivity index (χ3v) is 13.4. The lowest BCUT2D eigenvalue weighted by molar-refractivity contribution is -0.153. The van der Waals surface area contributed by atoms with Gasteiger partial charge < -0.3 is 26.2 Å². The molecule has 4 N–H and O–H groups in total. The van der Waals surface area contributed by atoms with Crippen LogP contribution in [0.1, 0.15) is 127 Å². The van der Waals surface area contributed by atoms with E-state index in [0.29, 0.717) is 38.8 Å². The molecule has 3 saturated carbocycles. The second-order valence-electron chi connectivity index (χ2n) is 19.4. The monoisotopic (exact) mass is 740 g/mol. The Bertz CT molecular complexity index is 1510. The highest BCUT2D eigenvalue weighted by Crippen LogP contribution is 2.65. The van der Waals surface area contributed by atoms with Gasteiger partial charge in [-0.25, -0.2) is 4.79 Å². The van der Waals surface area contributed by atoms with Gasteiger partial charge in [-0.05, 0) is 65.6 Å². The summed E-state index contributed by atoms with van der Waals surface area (Å²) in [5.41, 5.74) is -3.04. The standard InChI is InChI=1S/C40H64N6O7/c1-11-23-18-40(23,31(49)33(51)41-12-2)44-32(50)29-28-24(38(28,8)9)21-46(29)34(52)30(39(10)16-14-13-15-17-39)43-35(53)42-25(36(3,4)5)22-45-26(47)19-37(6,7)20-27(45)48/h23-25,28-30H,11-22H2,1-10H3,(H,41,51)(H,44,50)(H2,42,43,53)/t23-,24+,25-,28+,29+,30-,40+/m1/s1. The third-order valence-electron chi connectivity index (χ3n) is 13.4. The highest BCUT2D eigenvalue weighted by atomic mass is 16.2. The Morgan fingerprint density at radius 1 is 0.887 bits per heavy atom. The molecule has 2 heterocycles. The van der Waals surface area contributed by atoms with Crippen molar-refractivity contribution in [3.05, 3.63) is 0 Å². The summed E-state index contributed by atoms with van der Waals surface area (Å²) in [6.07, 6.45) is 5.70. The van der Waals surface area contributed by atoms with Crippen LogP contribution in [-0.4, -0.2) is 94.4 Å². The molecule has 7 atom stereocenters. The van der Waals surface area contributed by atoms with Crippen molar-refractivity contribution in [3.8, 4) is 0 Å². The van der Waals surface area contributed by atoms with Gasteiger partial charge >= 0.3 is 6.03 Å². The van der Waals surface area contributed by atoms with Gasteiger partial charge in [0.2, 0.25) is 29.4 Å². The topological polar surface area (TPSA) is 174 Å². The molecule has 5 rings (SSSR count). The van der Waals surface area contributed by atoms with Gasteiger partial charge in [-0.15, -0.1) is 0 Å². The van der Waals surface area contributed by atoms with E-state index in [-0.39, 0.29) is 60.3 Å². The van der Waals surface area contributed by atoms with E-state index in [9.17, 15) is 33.6 Å². The van der Waals surface area contributed by atoms with Gasteiger partial charge in [0, 0.05) is 32.5 Å². The Morgan fingerprint density at radius 3 is 2.02 bits per heavy atom. The van der Waals surface area contributed by atoms with E-state index < -0.39 is 63.5 Å². The van der Waals surface area contributed by atoms with Crippen LogP contribution in [0.15, 0.2) is 0 Å². The first-order valence-electron chi connectivity index (χ1n) is 19.9. The fourth-order valence-corrected chi connectivity index (χ4v) is 9.67. The maximum Gasteiger partial charge on any atom is 0.315 e. The second kappa shape index (κ2) is 14.3. The van der Waals surface area contributed by atoms with Gasteiger partial charge in [-0.1, -0.05) is 88.0 Å². The first-order chi connectivity index (χ1) is 24.5. The van der Waals surface area contributed by atoms with Crippen LogP contribution in [0, 0.1) is 39.4 Å². The number of nitrogens with zero attached hydrogens (tertiary/aromatic N) is 2. The van der Waals surface area contributed by atoms with E-state index >= 15 is 0 Å². The highest BCUT2D eigenvalue weighted by molar-refractivity contribution is 6.41. The lowest BCUT2D eigenvalue weighted by atomic mass is 9.70. The minimum atomic E-state index is -1.29. The van der Waals surface area contributed by atoms with Crippen molar-refractivity contribution in [1.29, 1.82) is 0 Å². The number of hydrogen-bond donors (Lipinski definition) is 4. The Balaban J connectivity index is 1.39. The molecule has 13 heteroatoms. The smallest absolute Gasteiger partial charge is 0.315 e. The van der Waals surface area contributed by atoms with Gasteiger partial charge in [0.1, 0.15) is 17.6 Å². The van der Waals surface area contributed by atoms with Crippen LogP contribution < -0.4 is 21.3 Å². The summed E-state index contributed by atoms with van der Waals surface area (Å²) in [4.78, 5) is 98.4. The molecule has 53 heavy (non-hydrogen) atoms. The molecule has 0 spiro atoms. The summed E-state index contributed by atoms with van der Waals surface area (Å²) in [5, 5.41) is 11.6. The van der Waals surface area contributed by atoms with Crippen molar-refractivity contribution in [2.75, 3.05) is 19.6 Å².